The van der Waals surface area contributed by atoms with E-state index in [1.807, 2.05) is 0 Å². The molecule has 0 aliphatic heterocycles. The summed E-state index contributed by atoms with van der Waals surface area (Å²) in [7, 11) is 7.19. The number of hydrogen-bond acceptors (Lipinski definition) is 3. The zero-order valence-electron chi connectivity index (χ0n) is 20.4. The van der Waals surface area contributed by atoms with Crippen LogP contribution in [-0.4, -0.2) is 44.9 Å². The van der Waals surface area contributed by atoms with Gasteiger partial charge in [0.15, 0.2) is 0 Å². The molecule has 0 N–H and O–H groups in total. The van der Waals surface area contributed by atoms with Crippen LogP contribution >= 0.6 is 7.92 Å². The first-order valence-corrected chi connectivity index (χ1v) is 12.2. The van der Waals surface area contributed by atoms with Gasteiger partial charge in [0.2, 0.25) is 0 Å². The maximum Gasteiger partial charge on any atom is 0.124 e. The molecule has 2 atom stereocenters. The van der Waals surface area contributed by atoms with Crippen LogP contribution in [0.15, 0.2) is 48.1 Å². The fourth-order valence-corrected chi connectivity index (χ4v) is 7.79. The Kier molecular flexibility index (Phi) is 7.29. The molecule has 1 aliphatic rings. The first-order valence-electron chi connectivity index (χ1n) is 10.8. The Hall–Kier alpha value is -2.09. The summed E-state index contributed by atoms with van der Waals surface area (Å²) in [4.78, 5) is 2.30. The van der Waals surface area contributed by atoms with Crippen LogP contribution in [0.4, 0.5) is 0 Å². The lowest BCUT2D eigenvalue weighted by molar-refractivity contribution is 0.349. The van der Waals surface area contributed by atoms with Gasteiger partial charge in [-0.15, -0.1) is 0 Å². The lowest BCUT2D eigenvalue weighted by Gasteiger charge is -2.33. The summed E-state index contributed by atoms with van der Waals surface area (Å²) in [5.74, 6) is 1.97. The van der Waals surface area contributed by atoms with Crippen LogP contribution in [0.3, 0.4) is 0 Å². The van der Waals surface area contributed by atoms with Crippen LogP contribution in [0.5, 0.6) is 11.5 Å². The third kappa shape index (κ3) is 4.59. The molecule has 2 aromatic rings. The normalized spacial score (nSPS) is 16.7. The second-order valence-corrected chi connectivity index (χ2v) is 11.1. The minimum absolute atomic E-state index is 0.367. The molecule has 2 aromatic carbocycles. The number of benzene rings is 2. The van der Waals surface area contributed by atoms with Gasteiger partial charge < -0.3 is 14.4 Å². The van der Waals surface area contributed by atoms with Crippen LogP contribution in [0.25, 0.3) is 0 Å². The number of ether oxygens (including phenoxy) is 2. The van der Waals surface area contributed by atoms with E-state index in [4.69, 9.17) is 9.47 Å². The van der Waals surface area contributed by atoms with Gasteiger partial charge in [-0.25, -0.2) is 0 Å². The Morgan fingerprint density at radius 3 is 1.58 bits per heavy atom. The Labute approximate surface area is 189 Å². The average molecular weight is 438 g/mol. The third-order valence-electron chi connectivity index (χ3n) is 6.31. The van der Waals surface area contributed by atoms with E-state index in [9.17, 15) is 0 Å². The van der Waals surface area contributed by atoms with Crippen molar-refractivity contribution in [3.8, 4) is 11.5 Å². The molecule has 0 spiro atoms. The highest BCUT2D eigenvalue weighted by atomic mass is 31.1. The summed E-state index contributed by atoms with van der Waals surface area (Å²) in [5, 5.41) is 2.78. The lowest BCUT2D eigenvalue weighted by atomic mass is 10.1. The molecule has 4 heteroatoms. The molecule has 0 bridgehead atoms. The molecule has 0 heterocycles. The summed E-state index contributed by atoms with van der Waals surface area (Å²) in [5.41, 5.74) is 6.63. The molecule has 0 amide bonds. The molecular weight excluding hydrogens is 401 g/mol. The summed E-state index contributed by atoms with van der Waals surface area (Å²) in [6, 6.07) is 9.70. The first kappa shape index (κ1) is 23.6. The monoisotopic (exact) mass is 437 g/mol. The van der Waals surface area contributed by atoms with Crippen LogP contribution in [0.1, 0.15) is 29.2 Å². The van der Waals surface area contributed by atoms with Crippen molar-refractivity contribution >= 4 is 18.5 Å². The molecular formula is C27H36NO2P. The average Bonchev–Trinajstić information content (AvgIpc) is 3.16. The van der Waals surface area contributed by atoms with Crippen LogP contribution in [0.2, 0.25) is 0 Å². The molecule has 3 rings (SSSR count). The van der Waals surface area contributed by atoms with Crippen molar-refractivity contribution in [2.45, 2.75) is 46.3 Å². The number of nitrogens with zero attached hydrogens (tertiary/aromatic N) is 1. The van der Waals surface area contributed by atoms with Crippen molar-refractivity contribution < 1.29 is 9.47 Å². The van der Waals surface area contributed by atoms with Crippen LogP contribution in [-0.2, 0) is 0 Å². The molecule has 2 unspecified atom stereocenters. The zero-order valence-corrected chi connectivity index (χ0v) is 21.3. The van der Waals surface area contributed by atoms with Gasteiger partial charge in [-0.3, -0.25) is 0 Å². The highest BCUT2D eigenvalue weighted by Gasteiger charge is 2.32. The second kappa shape index (κ2) is 9.59. The van der Waals surface area contributed by atoms with E-state index in [1.165, 1.54) is 38.4 Å². The molecule has 0 fully saturated rings. The van der Waals surface area contributed by atoms with E-state index in [-0.39, 0.29) is 0 Å². The largest absolute Gasteiger partial charge is 0.496 e. The predicted octanol–water partition coefficient (Wildman–Crippen LogP) is 5.19. The van der Waals surface area contributed by atoms with Crippen molar-refractivity contribution in [3.05, 3.63) is 70.3 Å². The number of methoxy groups -OCH3 is 2. The quantitative estimate of drug-likeness (QED) is 0.557. The number of rotatable bonds is 7. The molecule has 0 radical (unpaired) electrons. The van der Waals surface area contributed by atoms with Crippen molar-refractivity contribution in [2.75, 3.05) is 28.3 Å². The van der Waals surface area contributed by atoms with E-state index >= 15 is 0 Å². The van der Waals surface area contributed by atoms with Gasteiger partial charge in [-0.05, 0) is 119 Å². The van der Waals surface area contributed by atoms with Gasteiger partial charge in [0.25, 0.3) is 0 Å². The van der Waals surface area contributed by atoms with E-state index in [2.05, 4.69) is 96.1 Å². The Morgan fingerprint density at radius 2 is 1.23 bits per heavy atom. The van der Waals surface area contributed by atoms with Crippen LogP contribution < -0.4 is 20.1 Å². The number of hydrogen-bond donors (Lipinski definition) is 0. The second-order valence-electron chi connectivity index (χ2n) is 8.73. The number of likely N-dealkylation sites (N-methyl/N-ethyl adjacent to an activating group) is 1. The third-order valence-corrected chi connectivity index (χ3v) is 8.97. The van der Waals surface area contributed by atoms with Crippen molar-refractivity contribution in [3.63, 3.8) is 0 Å². The van der Waals surface area contributed by atoms with Crippen LogP contribution in [0, 0.1) is 27.7 Å². The fraction of sp³-hybridized carbons (Fsp3) is 0.407. The van der Waals surface area contributed by atoms with Gasteiger partial charge in [0.05, 0.1) is 14.2 Å². The van der Waals surface area contributed by atoms with Gasteiger partial charge in [0, 0.05) is 11.7 Å². The Balaban J connectivity index is 2.21. The van der Waals surface area contributed by atoms with E-state index in [0.717, 1.165) is 11.5 Å². The summed E-state index contributed by atoms with van der Waals surface area (Å²) >= 11 is 0. The van der Waals surface area contributed by atoms with E-state index < -0.39 is 7.92 Å². The standard InChI is InChI=1S/C27H36NO2P/c1-17-13-22(14-18(2)26(17)29-8)31(23-15-19(3)27(30-9)20(4)16-23)25-12-10-11-24(25)21(5)28(6)7/h10-16,21,25H,1-9H3. The first-order chi connectivity index (χ1) is 14.7. The molecule has 166 valence electrons. The number of allylic oxidation sites excluding steroid dienone is 3. The van der Waals surface area contributed by atoms with Gasteiger partial charge in [-0.1, -0.05) is 18.2 Å². The highest BCUT2D eigenvalue weighted by Crippen LogP contribution is 2.48. The van der Waals surface area contributed by atoms with E-state index in [0.29, 0.717) is 11.7 Å². The number of aryl methyl sites for hydroxylation is 4. The van der Waals surface area contributed by atoms with E-state index in [1.54, 1.807) is 14.2 Å². The Bertz CT molecular complexity index is 916. The molecule has 0 saturated heterocycles. The molecule has 3 nitrogen and oxygen atoms in total. The maximum atomic E-state index is 5.66. The summed E-state index contributed by atoms with van der Waals surface area (Å²) in [6.07, 6.45) is 6.95. The summed E-state index contributed by atoms with van der Waals surface area (Å²) in [6.45, 7) is 10.9. The topological polar surface area (TPSA) is 21.7 Å². The SMILES string of the molecule is COc1c(C)cc(P(c2cc(C)c(OC)c(C)c2)C2C=CC=C2C(C)N(C)C)cc1C. The smallest absolute Gasteiger partial charge is 0.124 e. The van der Waals surface area contributed by atoms with Gasteiger partial charge in [0.1, 0.15) is 11.5 Å². The molecule has 0 saturated carbocycles. The van der Waals surface area contributed by atoms with Gasteiger partial charge >= 0.3 is 0 Å². The maximum absolute atomic E-state index is 5.66. The minimum Gasteiger partial charge on any atom is -0.496 e. The van der Waals surface area contributed by atoms with Crippen molar-refractivity contribution in [1.29, 1.82) is 0 Å². The van der Waals surface area contributed by atoms with Gasteiger partial charge in [-0.2, -0.15) is 0 Å². The molecule has 31 heavy (non-hydrogen) atoms. The molecule has 1 aliphatic carbocycles. The van der Waals surface area contributed by atoms with Crippen molar-refractivity contribution in [2.24, 2.45) is 0 Å². The predicted molar refractivity (Wildman–Crippen MR) is 135 cm³/mol. The molecule has 0 aromatic heterocycles. The highest BCUT2D eigenvalue weighted by molar-refractivity contribution is 7.74. The lowest BCUT2D eigenvalue weighted by Crippen LogP contribution is -2.32. The fourth-order valence-electron chi connectivity index (χ4n) is 4.65. The minimum atomic E-state index is -0.641. The summed E-state index contributed by atoms with van der Waals surface area (Å²) < 4.78 is 11.3. The van der Waals surface area contributed by atoms with Crippen molar-refractivity contribution in [1.82, 2.24) is 4.90 Å². The Morgan fingerprint density at radius 1 is 0.806 bits per heavy atom. The zero-order chi connectivity index (χ0) is 22.9.